The molecule has 1 saturated carbocycles. The number of rotatable bonds is 3. The summed E-state index contributed by atoms with van der Waals surface area (Å²) in [6.45, 7) is 0. The predicted octanol–water partition coefficient (Wildman–Crippen LogP) is 3.78. The van der Waals surface area contributed by atoms with Crippen LogP contribution in [0.3, 0.4) is 0 Å². The van der Waals surface area contributed by atoms with Crippen LogP contribution >= 0.6 is 0 Å². The molecular formula is C14H12F4N2O. The fraction of sp³-hybridized carbons (Fsp3) is 0.429. The molecule has 21 heavy (non-hydrogen) atoms. The summed E-state index contributed by atoms with van der Waals surface area (Å²) in [5, 5.41) is 7.23. The maximum Gasteiger partial charge on any atom is 0.397 e. The van der Waals surface area contributed by atoms with Crippen LogP contribution in [-0.2, 0) is 11.8 Å². The molecule has 0 atom stereocenters. The quantitative estimate of drug-likeness (QED) is 0.810. The Labute approximate surface area is 118 Å². The second kappa shape index (κ2) is 4.82. The Bertz CT molecular complexity index is 646. The Morgan fingerprint density at radius 2 is 1.95 bits per heavy atom. The fourth-order valence-electron chi connectivity index (χ4n) is 2.63. The molecule has 0 aliphatic heterocycles. The van der Waals surface area contributed by atoms with Gasteiger partial charge in [0, 0.05) is 0 Å². The normalized spacial score (nSPS) is 17.5. The first-order valence-corrected chi connectivity index (χ1v) is 6.55. The number of hydrogen-bond donors (Lipinski definition) is 0. The number of hydrogen-bond acceptors (Lipinski definition) is 3. The molecule has 7 heteroatoms. The maximum absolute atomic E-state index is 13.4. The Morgan fingerprint density at radius 1 is 1.19 bits per heavy atom. The van der Waals surface area contributed by atoms with Crippen molar-refractivity contribution in [1.82, 2.24) is 10.2 Å². The highest BCUT2D eigenvalue weighted by Gasteiger charge is 2.45. The minimum atomic E-state index is -4.39. The molecule has 3 rings (SSSR count). The first-order chi connectivity index (χ1) is 9.89. The molecule has 1 aliphatic carbocycles. The molecule has 1 fully saturated rings. The smallest absolute Gasteiger partial charge is 0.397 e. The summed E-state index contributed by atoms with van der Waals surface area (Å²) in [6.07, 6.45) is -3.45. The van der Waals surface area contributed by atoms with Crippen LogP contribution in [0.15, 0.2) is 28.7 Å². The lowest BCUT2D eigenvalue weighted by molar-refractivity contribution is -0.131. The van der Waals surface area contributed by atoms with E-state index in [1.165, 1.54) is 12.1 Å². The van der Waals surface area contributed by atoms with Crippen LogP contribution in [0.25, 0.3) is 0 Å². The van der Waals surface area contributed by atoms with Gasteiger partial charge in [-0.1, -0.05) is 18.6 Å². The highest BCUT2D eigenvalue weighted by molar-refractivity contribution is 5.34. The van der Waals surface area contributed by atoms with Crippen molar-refractivity contribution in [2.45, 2.75) is 37.3 Å². The van der Waals surface area contributed by atoms with Crippen molar-refractivity contribution in [3.63, 3.8) is 0 Å². The lowest BCUT2D eigenvalue weighted by Crippen LogP contribution is -2.36. The predicted molar refractivity (Wildman–Crippen MR) is 65.1 cm³/mol. The van der Waals surface area contributed by atoms with Gasteiger partial charge in [0.25, 0.3) is 0 Å². The van der Waals surface area contributed by atoms with Crippen molar-refractivity contribution in [2.24, 2.45) is 0 Å². The second-order valence-corrected chi connectivity index (χ2v) is 5.24. The van der Waals surface area contributed by atoms with Gasteiger partial charge in [-0.05, 0) is 30.5 Å². The average molecular weight is 300 g/mol. The second-order valence-electron chi connectivity index (χ2n) is 5.24. The van der Waals surface area contributed by atoms with E-state index in [-0.39, 0.29) is 5.89 Å². The molecule has 0 bridgehead atoms. The molecule has 3 nitrogen and oxygen atoms in total. The lowest BCUT2D eigenvalue weighted by atomic mass is 9.64. The van der Waals surface area contributed by atoms with Crippen LogP contribution in [0.4, 0.5) is 17.6 Å². The molecule has 0 unspecified atom stereocenters. The third-order valence-electron chi connectivity index (χ3n) is 3.81. The van der Waals surface area contributed by atoms with E-state index in [0.29, 0.717) is 18.4 Å². The lowest BCUT2D eigenvalue weighted by Gasteiger charge is -2.39. The van der Waals surface area contributed by atoms with E-state index in [9.17, 15) is 17.6 Å². The molecular weight excluding hydrogens is 288 g/mol. The van der Waals surface area contributed by atoms with E-state index >= 15 is 0 Å². The number of alkyl halides is 3. The van der Waals surface area contributed by atoms with Crippen molar-refractivity contribution in [1.29, 1.82) is 0 Å². The van der Waals surface area contributed by atoms with E-state index in [0.717, 1.165) is 6.42 Å². The zero-order valence-corrected chi connectivity index (χ0v) is 11.0. The zero-order chi connectivity index (χ0) is 15.1. The summed E-state index contributed by atoms with van der Waals surface area (Å²) in [4.78, 5) is 0. The topological polar surface area (TPSA) is 38.9 Å². The molecule has 1 aliphatic rings. The maximum atomic E-state index is 13.4. The minimum Gasteiger partial charge on any atom is -0.424 e. The van der Waals surface area contributed by atoms with Crippen LogP contribution < -0.4 is 0 Å². The van der Waals surface area contributed by atoms with Gasteiger partial charge in [0.05, 0.1) is 5.41 Å². The average Bonchev–Trinajstić information content (AvgIpc) is 2.74. The van der Waals surface area contributed by atoms with Crippen molar-refractivity contribution in [3.8, 4) is 0 Å². The molecule has 1 aromatic heterocycles. The monoisotopic (exact) mass is 300 g/mol. The van der Waals surface area contributed by atoms with E-state index in [2.05, 4.69) is 10.2 Å². The first-order valence-electron chi connectivity index (χ1n) is 6.55. The van der Waals surface area contributed by atoms with Crippen molar-refractivity contribution < 1.29 is 22.0 Å². The summed E-state index contributed by atoms with van der Waals surface area (Å²) < 4.78 is 55.6. The number of nitrogens with zero attached hydrogens (tertiary/aromatic N) is 2. The third kappa shape index (κ3) is 2.64. The largest absolute Gasteiger partial charge is 0.424 e. The summed E-state index contributed by atoms with van der Waals surface area (Å²) >= 11 is 0. The SMILES string of the molecule is Fc1cccc(C2(c3nnc(CC(F)(F)F)o3)CCC2)c1. The van der Waals surface area contributed by atoms with Crippen molar-refractivity contribution in [2.75, 3.05) is 0 Å². The van der Waals surface area contributed by atoms with Gasteiger partial charge in [0.15, 0.2) is 0 Å². The van der Waals surface area contributed by atoms with Crippen LogP contribution in [0, 0.1) is 5.82 Å². The molecule has 1 aromatic carbocycles. The summed E-state index contributed by atoms with van der Waals surface area (Å²) in [5.74, 6) is -0.715. The van der Waals surface area contributed by atoms with E-state index in [4.69, 9.17) is 4.42 Å². The summed E-state index contributed by atoms with van der Waals surface area (Å²) in [7, 11) is 0. The van der Waals surface area contributed by atoms with E-state index in [1.54, 1.807) is 12.1 Å². The van der Waals surface area contributed by atoms with Gasteiger partial charge in [-0.15, -0.1) is 10.2 Å². The van der Waals surface area contributed by atoms with Crippen molar-refractivity contribution >= 4 is 0 Å². The summed E-state index contributed by atoms with van der Waals surface area (Å²) in [5.41, 5.74) is 0.00910. The molecule has 2 aromatic rings. The molecule has 0 spiro atoms. The van der Waals surface area contributed by atoms with Crippen LogP contribution in [0.1, 0.15) is 36.6 Å². The van der Waals surface area contributed by atoms with Gasteiger partial charge >= 0.3 is 6.18 Å². The van der Waals surface area contributed by atoms with Gasteiger partial charge < -0.3 is 4.42 Å². The van der Waals surface area contributed by atoms with E-state index in [1.807, 2.05) is 0 Å². The number of benzene rings is 1. The van der Waals surface area contributed by atoms with Gasteiger partial charge in [-0.25, -0.2) is 4.39 Å². The molecule has 112 valence electrons. The third-order valence-corrected chi connectivity index (χ3v) is 3.81. The van der Waals surface area contributed by atoms with Crippen molar-refractivity contribution in [3.05, 3.63) is 47.4 Å². The minimum absolute atomic E-state index is 0.138. The van der Waals surface area contributed by atoms with Crippen LogP contribution in [0.2, 0.25) is 0 Å². The fourth-order valence-corrected chi connectivity index (χ4v) is 2.63. The Morgan fingerprint density at radius 3 is 2.52 bits per heavy atom. The van der Waals surface area contributed by atoms with Crippen LogP contribution in [0.5, 0.6) is 0 Å². The molecule has 0 amide bonds. The Hall–Kier alpha value is -1.92. The first kappa shape index (κ1) is 14.0. The highest BCUT2D eigenvalue weighted by Crippen LogP contribution is 2.48. The molecule has 0 N–H and O–H groups in total. The highest BCUT2D eigenvalue weighted by atomic mass is 19.4. The molecule has 0 radical (unpaired) electrons. The number of aromatic nitrogens is 2. The van der Waals surface area contributed by atoms with Gasteiger partial charge in [-0.2, -0.15) is 13.2 Å². The molecule has 0 saturated heterocycles. The Kier molecular flexibility index (Phi) is 3.22. The molecule has 1 heterocycles. The number of halogens is 4. The van der Waals surface area contributed by atoms with Gasteiger partial charge in [0.2, 0.25) is 11.8 Å². The van der Waals surface area contributed by atoms with Gasteiger partial charge in [-0.3, -0.25) is 0 Å². The zero-order valence-electron chi connectivity index (χ0n) is 11.0. The van der Waals surface area contributed by atoms with Crippen LogP contribution in [-0.4, -0.2) is 16.4 Å². The van der Waals surface area contributed by atoms with E-state index < -0.39 is 29.7 Å². The Balaban J connectivity index is 1.93. The van der Waals surface area contributed by atoms with Gasteiger partial charge in [0.1, 0.15) is 12.2 Å². The standard InChI is InChI=1S/C14H12F4N2O/c15-10-4-1-3-9(7-10)13(5-2-6-13)12-20-19-11(21-12)8-14(16,17)18/h1,3-4,7H,2,5-6,8H2. The summed E-state index contributed by atoms with van der Waals surface area (Å²) in [6, 6.07) is 5.99.